The molecule has 5 heteroatoms. The average Bonchev–Trinajstić information content (AvgIpc) is 2.16. The normalized spacial score (nSPS) is 12.3. The van der Waals surface area contributed by atoms with Gasteiger partial charge in [-0.1, -0.05) is 0 Å². The van der Waals surface area contributed by atoms with Crippen LogP contribution in [-0.2, 0) is 9.63 Å². The Kier molecular flexibility index (Phi) is 7.64. The van der Waals surface area contributed by atoms with Gasteiger partial charge in [0.05, 0.1) is 0 Å². The molecule has 0 aliphatic heterocycles. The molecule has 3 N–H and O–H groups in total. The summed E-state index contributed by atoms with van der Waals surface area (Å²) in [5.41, 5.74) is 8.20. The second-order valence-electron chi connectivity index (χ2n) is 2.71. The number of ketones is 1. The molecule has 0 saturated heterocycles. The summed E-state index contributed by atoms with van der Waals surface area (Å²) >= 11 is 0. The van der Waals surface area contributed by atoms with Crippen LogP contribution in [0.3, 0.4) is 0 Å². The summed E-state index contributed by atoms with van der Waals surface area (Å²) in [6.45, 7) is 0.757. The third-order valence-corrected chi connectivity index (χ3v) is 1.67. The average molecular weight is 182 g/mol. The van der Waals surface area contributed by atoms with Gasteiger partial charge in [0.25, 0.3) is 0 Å². The molecule has 4 nitrogen and oxygen atoms in total. The van der Waals surface area contributed by atoms with Gasteiger partial charge in [-0.15, -0.1) is 0 Å². The van der Waals surface area contributed by atoms with Crippen LogP contribution < -0.4 is 11.2 Å². The first-order chi connectivity index (χ1) is 6.22. The molecule has 0 spiro atoms. The molecule has 0 saturated carbocycles. The van der Waals surface area contributed by atoms with E-state index in [1.807, 2.05) is 5.80 Å². The van der Waals surface area contributed by atoms with E-state index in [0.29, 0.717) is 6.42 Å². The Hall–Kier alpha value is -0.605. The molecule has 0 aromatic heterocycles. The first-order valence-corrected chi connectivity index (χ1v) is 4.24. The zero-order valence-electron chi connectivity index (χ0n) is 7.88. The molecule has 0 bridgehead atoms. The van der Waals surface area contributed by atoms with Crippen LogP contribution in [0.1, 0.15) is 19.3 Å². The predicted octanol–water partition coefficient (Wildman–Crippen LogP) is -0.668. The fourth-order valence-electron chi connectivity index (χ4n) is 0.902. The first-order valence-electron chi connectivity index (χ1n) is 4.24. The standard InChI is InChI=1S/C8H15BN2O2/c1-13-11-5-3-2-4-7(10)8(12)6-9/h7,11H,2-5,10H2,1H3/t7-/m1/s1. The number of hydrogen-bond donors (Lipinski definition) is 2. The Morgan fingerprint density at radius 2 is 2.38 bits per heavy atom. The number of rotatable bonds is 7. The molecule has 0 unspecified atom stereocenters. The third-order valence-electron chi connectivity index (χ3n) is 1.67. The molecule has 0 amide bonds. The van der Waals surface area contributed by atoms with E-state index in [9.17, 15) is 4.79 Å². The number of unbranched alkanes of at least 4 members (excludes halogenated alkanes) is 1. The number of carbonyl (C=O) groups is 1. The van der Waals surface area contributed by atoms with E-state index in [0.717, 1.165) is 19.4 Å². The molecule has 13 heavy (non-hydrogen) atoms. The van der Waals surface area contributed by atoms with Crippen LogP contribution in [0.4, 0.5) is 0 Å². The summed E-state index contributed by atoms with van der Waals surface area (Å²) in [5.74, 6) is 1.69. The summed E-state index contributed by atoms with van der Waals surface area (Å²) in [6.07, 6.45) is 2.42. The molecule has 72 valence electrons. The Bertz CT molecular complexity index is 191. The molecule has 1 atom stereocenters. The van der Waals surface area contributed by atoms with Gasteiger partial charge in [0.15, 0.2) is 0 Å². The van der Waals surface area contributed by atoms with Gasteiger partial charge in [-0.3, -0.25) is 0 Å². The maximum absolute atomic E-state index is 10.8. The number of hydroxylamine groups is 1. The van der Waals surface area contributed by atoms with Crippen LogP contribution in [0, 0.1) is 5.80 Å². The second-order valence-corrected chi connectivity index (χ2v) is 2.71. The molecule has 0 aliphatic carbocycles. The van der Waals surface area contributed by atoms with Crippen molar-refractivity contribution in [2.75, 3.05) is 13.7 Å². The molecule has 0 heterocycles. The Morgan fingerprint density at radius 3 is 2.92 bits per heavy atom. The number of nitrogens with one attached hydrogen (secondary N) is 1. The summed E-state index contributed by atoms with van der Waals surface area (Å²) in [4.78, 5) is 15.5. The van der Waals surface area contributed by atoms with Crippen molar-refractivity contribution in [2.45, 2.75) is 25.3 Å². The number of hydrogen-bond acceptors (Lipinski definition) is 4. The van der Waals surface area contributed by atoms with Gasteiger partial charge in [-0.2, -0.15) is 0 Å². The topological polar surface area (TPSA) is 64.4 Å². The maximum atomic E-state index is 10.8. The van der Waals surface area contributed by atoms with Crippen molar-refractivity contribution in [3.8, 4) is 5.80 Å². The number of nitrogens with two attached hydrogens (primary N) is 1. The predicted molar refractivity (Wildman–Crippen MR) is 51.5 cm³/mol. The monoisotopic (exact) mass is 182 g/mol. The number of carbonyl (C=O) groups excluding carboxylic acids is 1. The van der Waals surface area contributed by atoms with E-state index < -0.39 is 6.04 Å². The van der Waals surface area contributed by atoms with Gasteiger partial charge >= 0.3 is 78.7 Å². The molecular formula is C8H15BN2O2. The molecular weight excluding hydrogens is 167 g/mol. The van der Waals surface area contributed by atoms with Crippen LogP contribution >= 0.6 is 0 Å². The summed E-state index contributed by atoms with van der Waals surface area (Å²) in [7, 11) is 6.48. The second kappa shape index (κ2) is 8.01. The van der Waals surface area contributed by atoms with E-state index in [4.69, 9.17) is 13.1 Å². The van der Waals surface area contributed by atoms with Crippen molar-refractivity contribution < 1.29 is 9.63 Å². The Morgan fingerprint density at radius 1 is 1.69 bits per heavy atom. The van der Waals surface area contributed by atoms with E-state index in [-0.39, 0.29) is 5.78 Å². The zero-order chi connectivity index (χ0) is 10.1. The zero-order valence-corrected chi connectivity index (χ0v) is 7.88. The summed E-state index contributed by atoms with van der Waals surface area (Å²) in [5, 5.41) is 0. The van der Waals surface area contributed by atoms with Gasteiger partial charge in [-0.25, -0.2) is 0 Å². The molecule has 0 aromatic rings. The van der Waals surface area contributed by atoms with Gasteiger partial charge < -0.3 is 0 Å². The van der Waals surface area contributed by atoms with Gasteiger partial charge in [0, 0.05) is 0 Å². The Balaban J connectivity index is 3.33. The van der Waals surface area contributed by atoms with Crippen molar-refractivity contribution >= 4 is 13.1 Å². The molecule has 0 fully saturated rings. The van der Waals surface area contributed by atoms with Gasteiger partial charge in [-0.05, 0) is 0 Å². The van der Waals surface area contributed by atoms with Crippen LogP contribution in [0.2, 0.25) is 0 Å². The van der Waals surface area contributed by atoms with Gasteiger partial charge in [0.2, 0.25) is 0 Å². The van der Waals surface area contributed by atoms with E-state index in [1.165, 1.54) is 0 Å². The van der Waals surface area contributed by atoms with E-state index in [2.05, 4.69) is 10.3 Å². The minimum absolute atomic E-state index is 0.320. The SMILES string of the molecule is B#CC(=O)[C@H](N)CCCCNOC. The summed E-state index contributed by atoms with van der Waals surface area (Å²) in [6, 6.07) is -0.507. The molecule has 0 aromatic carbocycles. The van der Waals surface area contributed by atoms with Crippen molar-refractivity contribution in [3.05, 3.63) is 0 Å². The number of Topliss-reactive ketones (excluding diaryl/α,β-unsaturated/α-hetero) is 1. The van der Waals surface area contributed by atoms with E-state index in [1.54, 1.807) is 7.11 Å². The first kappa shape index (κ1) is 12.4. The fraction of sp³-hybridized carbons (Fsp3) is 0.750. The van der Waals surface area contributed by atoms with Crippen molar-refractivity contribution in [1.82, 2.24) is 5.48 Å². The minimum atomic E-state index is -0.507. The van der Waals surface area contributed by atoms with E-state index >= 15 is 0 Å². The quantitative estimate of drug-likeness (QED) is 0.311. The van der Waals surface area contributed by atoms with Crippen molar-refractivity contribution in [1.29, 1.82) is 0 Å². The Labute approximate surface area is 79.5 Å². The molecule has 0 aliphatic rings. The molecule has 0 radical (unpaired) electrons. The third kappa shape index (κ3) is 6.55. The summed E-state index contributed by atoms with van der Waals surface area (Å²) < 4.78 is 0. The van der Waals surface area contributed by atoms with Crippen molar-refractivity contribution in [3.63, 3.8) is 0 Å². The van der Waals surface area contributed by atoms with Crippen molar-refractivity contribution in [2.24, 2.45) is 5.73 Å². The molecule has 0 rings (SSSR count). The van der Waals surface area contributed by atoms with Crippen LogP contribution in [0.5, 0.6) is 0 Å². The van der Waals surface area contributed by atoms with Crippen LogP contribution in [-0.4, -0.2) is 32.8 Å². The van der Waals surface area contributed by atoms with Gasteiger partial charge in [0.1, 0.15) is 0 Å². The fourth-order valence-corrected chi connectivity index (χ4v) is 0.902. The van der Waals surface area contributed by atoms with Crippen LogP contribution in [0.25, 0.3) is 0 Å². The van der Waals surface area contributed by atoms with Crippen LogP contribution in [0.15, 0.2) is 0 Å².